The van der Waals surface area contributed by atoms with Crippen molar-refractivity contribution in [3.63, 3.8) is 0 Å². The summed E-state index contributed by atoms with van der Waals surface area (Å²) in [5.41, 5.74) is 1.52. The number of rotatable bonds is 4. The fraction of sp³-hybridized carbons (Fsp3) is 0.273. The molecule has 0 amide bonds. The first-order valence-electron chi connectivity index (χ1n) is 5.16. The zero-order valence-corrected chi connectivity index (χ0v) is 10.1. The minimum atomic E-state index is -0.306. The van der Waals surface area contributed by atoms with Gasteiger partial charge in [-0.05, 0) is 30.8 Å². The Balaban J connectivity index is 2.16. The highest BCUT2D eigenvalue weighted by Crippen LogP contribution is 2.17. The second-order valence-electron chi connectivity index (χ2n) is 3.67. The van der Waals surface area contributed by atoms with Crippen LogP contribution in [-0.2, 0) is 13.1 Å². The van der Waals surface area contributed by atoms with E-state index in [1.807, 2.05) is 7.05 Å². The molecule has 0 bridgehead atoms. The van der Waals surface area contributed by atoms with Crippen molar-refractivity contribution in [2.45, 2.75) is 13.1 Å². The summed E-state index contributed by atoms with van der Waals surface area (Å²) in [6.45, 7) is 1.06. The van der Waals surface area contributed by atoms with Crippen molar-refractivity contribution in [1.82, 2.24) is 20.3 Å². The molecule has 0 spiro atoms. The van der Waals surface area contributed by atoms with E-state index in [0.717, 1.165) is 5.69 Å². The van der Waals surface area contributed by atoms with Crippen LogP contribution in [-0.4, -0.2) is 22.0 Å². The highest BCUT2D eigenvalue weighted by Gasteiger charge is 2.05. The van der Waals surface area contributed by atoms with E-state index in [1.54, 1.807) is 10.9 Å². The average Bonchev–Trinajstić information content (AvgIpc) is 2.72. The number of benzene rings is 1. The van der Waals surface area contributed by atoms with Gasteiger partial charge in [-0.3, -0.25) is 0 Å². The third kappa shape index (κ3) is 3.01. The van der Waals surface area contributed by atoms with Crippen molar-refractivity contribution < 1.29 is 4.39 Å². The Bertz CT molecular complexity index is 512. The molecule has 1 aromatic heterocycles. The summed E-state index contributed by atoms with van der Waals surface area (Å²) in [4.78, 5) is 0. The van der Waals surface area contributed by atoms with Gasteiger partial charge in [0.2, 0.25) is 0 Å². The van der Waals surface area contributed by atoms with Crippen molar-refractivity contribution in [1.29, 1.82) is 0 Å². The molecule has 0 atom stereocenters. The molecule has 6 heteroatoms. The highest BCUT2D eigenvalue weighted by molar-refractivity contribution is 6.31. The van der Waals surface area contributed by atoms with E-state index >= 15 is 0 Å². The van der Waals surface area contributed by atoms with Crippen molar-refractivity contribution in [3.05, 3.63) is 46.5 Å². The van der Waals surface area contributed by atoms with Crippen LogP contribution in [0.4, 0.5) is 4.39 Å². The summed E-state index contributed by atoms with van der Waals surface area (Å²) >= 11 is 5.97. The molecule has 1 aromatic carbocycles. The minimum Gasteiger partial charge on any atom is -0.314 e. The summed E-state index contributed by atoms with van der Waals surface area (Å²) in [5.74, 6) is -0.306. The third-order valence-electron chi connectivity index (χ3n) is 2.28. The van der Waals surface area contributed by atoms with E-state index < -0.39 is 0 Å². The predicted octanol–water partition coefficient (Wildman–Crippen LogP) is 1.84. The van der Waals surface area contributed by atoms with Crippen LogP contribution in [0.2, 0.25) is 5.02 Å². The third-order valence-corrected chi connectivity index (χ3v) is 2.65. The average molecular weight is 255 g/mol. The Morgan fingerprint density at radius 3 is 3.06 bits per heavy atom. The lowest BCUT2D eigenvalue weighted by Crippen LogP contribution is -2.05. The number of nitrogens with one attached hydrogen (secondary N) is 1. The number of halogens is 2. The second kappa shape index (κ2) is 5.25. The van der Waals surface area contributed by atoms with E-state index in [2.05, 4.69) is 15.6 Å². The molecule has 0 fully saturated rings. The summed E-state index contributed by atoms with van der Waals surface area (Å²) in [6.07, 6.45) is 1.80. The molecular formula is C11H12ClFN4. The number of aromatic nitrogens is 3. The molecule has 0 aliphatic carbocycles. The molecule has 1 N–H and O–H groups in total. The van der Waals surface area contributed by atoms with Crippen LogP contribution >= 0.6 is 11.6 Å². The molecule has 0 saturated heterocycles. The number of nitrogens with zero attached hydrogens (tertiary/aromatic N) is 3. The second-order valence-corrected chi connectivity index (χ2v) is 4.08. The van der Waals surface area contributed by atoms with E-state index in [9.17, 15) is 4.39 Å². The van der Waals surface area contributed by atoms with Gasteiger partial charge >= 0.3 is 0 Å². The van der Waals surface area contributed by atoms with Crippen molar-refractivity contribution in [2.24, 2.45) is 0 Å². The van der Waals surface area contributed by atoms with Crippen LogP contribution < -0.4 is 5.32 Å². The normalized spacial score (nSPS) is 10.8. The molecule has 2 rings (SSSR count). The molecule has 17 heavy (non-hydrogen) atoms. The van der Waals surface area contributed by atoms with E-state index in [4.69, 9.17) is 11.6 Å². The first-order valence-corrected chi connectivity index (χ1v) is 5.54. The monoisotopic (exact) mass is 254 g/mol. The van der Waals surface area contributed by atoms with Crippen LogP contribution in [0.5, 0.6) is 0 Å². The van der Waals surface area contributed by atoms with Crippen LogP contribution in [0.25, 0.3) is 0 Å². The van der Waals surface area contributed by atoms with Crippen LogP contribution in [0.1, 0.15) is 11.3 Å². The quantitative estimate of drug-likeness (QED) is 0.905. The maximum absolute atomic E-state index is 13.1. The SMILES string of the molecule is CNCc1cn(Cc2cc(F)ccc2Cl)nn1. The summed E-state index contributed by atoms with van der Waals surface area (Å²) in [5, 5.41) is 11.4. The zero-order chi connectivity index (χ0) is 12.3. The van der Waals surface area contributed by atoms with Gasteiger partial charge in [0.25, 0.3) is 0 Å². The number of hydrogen-bond donors (Lipinski definition) is 1. The van der Waals surface area contributed by atoms with E-state index in [-0.39, 0.29) is 5.82 Å². The van der Waals surface area contributed by atoms with Crippen LogP contribution in [0.15, 0.2) is 24.4 Å². The highest BCUT2D eigenvalue weighted by atomic mass is 35.5. The maximum atomic E-state index is 13.1. The molecule has 2 aromatic rings. The molecule has 1 heterocycles. The van der Waals surface area contributed by atoms with Crippen LogP contribution in [0, 0.1) is 5.82 Å². The zero-order valence-electron chi connectivity index (χ0n) is 9.32. The molecule has 90 valence electrons. The fourth-order valence-corrected chi connectivity index (χ4v) is 1.69. The van der Waals surface area contributed by atoms with Crippen molar-refractivity contribution in [2.75, 3.05) is 7.05 Å². The Kier molecular flexibility index (Phi) is 3.71. The van der Waals surface area contributed by atoms with E-state index in [1.165, 1.54) is 18.2 Å². The number of hydrogen-bond acceptors (Lipinski definition) is 3. The summed E-state index contributed by atoms with van der Waals surface area (Å²) in [6, 6.07) is 4.28. The topological polar surface area (TPSA) is 42.7 Å². The van der Waals surface area contributed by atoms with Gasteiger partial charge in [-0.25, -0.2) is 9.07 Å². The first-order chi connectivity index (χ1) is 8.19. The lowest BCUT2D eigenvalue weighted by atomic mass is 10.2. The largest absolute Gasteiger partial charge is 0.314 e. The predicted molar refractivity (Wildman–Crippen MR) is 63.3 cm³/mol. The Morgan fingerprint density at radius 1 is 1.47 bits per heavy atom. The lowest BCUT2D eigenvalue weighted by Gasteiger charge is -2.03. The van der Waals surface area contributed by atoms with Gasteiger partial charge in [0.15, 0.2) is 0 Å². The molecule has 0 saturated carbocycles. The lowest BCUT2D eigenvalue weighted by molar-refractivity contribution is 0.614. The summed E-state index contributed by atoms with van der Waals surface area (Å²) < 4.78 is 14.7. The Labute approximate surface area is 103 Å². The first kappa shape index (κ1) is 12.0. The van der Waals surface area contributed by atoms with Crippen LogP contribution in [0.3, 0.4) is 0 Å². The maximum Gasteiger partial charge on any atom is 0.123 e. The molecule has 0 aliphatic heterocycles. The standard InChI is InChI=1S/C11H12ClFN4/c1-14-5-10-7-17(16-15-10)6-8-4-9(13)2-3-11(8)12/h2-4,7,14H,5-6H2,1H3. The molecule has 0 radical (unpaired) electrons. The van der Waals surface area contributed by atoms with Gasteiger partial charge in [-0.2, -0.15) is 0 Å². The van der Waals surface area contributed by atoms with Crippen molar-refractivity contribution >= 4 is 11.6 Å². The molecular weight excluding hydrogens is 243 g/mol. The van der Waals surface area contributed by atoms with Gasteiger partial charge in [0.05, 0.1) is 18.4 Å². The van der Waals surface area contributed by atoms with Gasteiger partial charge in [-0.15, -0.1) is 5.10 Å². The minimum absolute atomic E-state index is 0.306. The Morgan fingerprint density at radius 2 is 2.29 bits per heavy atom. The molecule has 0 aliphatic rings. The van der Waals surface area contributed by atoms with Crippen molar-refractivity contribution in [3.8, 4) is 0 Å². The molecule has 0 unspecified atom stereocenters. The van der Waals surface area contributed by atoms with Gasteiger partial charge in [-0.1, -0.05) is 16.8 Å². The summed E-state index contributed by atoms with van der Waals surface area (Å²) in [7, 11) is 1.84. The molecule has 4 nitrogen and oxygen atoms in total. The smallest absolute Gasteiger partial charge is 0.123 e. The Hall–Kier alpha value is -1.46. The van der Waals surface area contributed by atoms with Gasteiger partial charge in [0.1, 0.15) is 5.82 Å². The van der Waals surface area contributed by atoms with Gasteiger partial charge < -0.3 is 5.32 Å². The fourth-order valence-electron chi connectivity index (χ4n) is 1.52. The van der Waals surface area contributed by atoms with E-state index in [0.29, 0.717) is 23.7 Å². The van der Waals surface area contributed by atoms with Gasteiger partial charge in [0, 0.05) is 11.6 Å².